The van der Waals surface area contributed by atoms with Gasteiger partial charge < -0.3 is 10.2 Å². The fourth-order valence-electron chi connectivity index (χ4n) is 3.15. The van der Waals surface area contributed by atoms with Crippen LogP contribution in [0.25, 0.3) is 0 Å². The first kappa shape index (κ1) is 26.8. The lowest BCUT2D eigenvalue weighted by molar-refractivity contribution is -0.139. The van der Waals surface area contributed by atoms with Gasteiger partial charge in [-0.1, -0.05) is 53.9 Å². The Balaban J connectivity index is 2.24. The number of benzene rings is 2. The third-order valence-electron chi connectivity index (χ3n) is 4.74. The van der Waals surface area contributed by atoms with Crippen LogP contribution in [-0.2, 0) is 21.9 Å². The van der Waals surface area contributed by atoms with E-state index >= 15 is 0 Å². The van der Waals surface area contributed by atoms with Gasteiger partial charge in [-0.15, -0.1) is 11.8 Å². The van der Waals surface area contributed by atoms with Crippen molar-refractivity contribution in [2.75, 3.05) is 5.75 Å². The van der Waals surface area contributed by atoms with Gasteiger partial charge in [0.25, 0.3) is 0 Å². The first-order valence-corrected chi connectivity index (χ1v) is 12.5. The maximum atomic E-state index is 14.0. The van der Waals surface area contributed by atoms with Gasteiger partial charge in [0.1, 0.15) is 11.9 Å². The highest BCUT2D eigenvalue weighted by Crippen LogP contribution is 2.28. The molecule has 174 valence electrons. The number of amides is 2. The van der Waals surface area contributed by atoms with Gasteiger partial charge in [0.2, 0.25) is 11.8 Å². The summed E-state index contributed by atoms with van der Waals surface area (Å²) in [6.07, 6.45) is 0.413. The first-order chi connectivity index (χ1) is 15.1. The van der Waals surface area contributed by atoms with Crippen molar-refractivity contribution >= 4 is 58.4 Å². The summed E-state index contributed by atoms with van der Waals surface area (Å²) in [5.74, 6) is -0.671. The number of hydrogen-bond donors (Lipinski definition) is 1. The summed E-state index contributed by atoms with van der Waals surface area (Å²) in [7, 11) is 0. The van der Waals surface area contributed by atoms with Gasteiger partial charge in [-0.05, 0) is 44.5 Å². The Bertz CT molecular complexity index is 918. The van der Waals surface area contributed by atoms with E-state index in [0.717, 1.165) is 0 Å². The highest BCUT2D eigenvalue weighted by molar-refractivity contribution is 7.99. The van der Waals surface area contributed by atoms with Crippen LogP contribution in [0.4, 0.5) is 4.39 Å². The molecular formula is C23H26Cl3FN2O2S. The monoisotopic (exact) mass is 518 g/mol. The van der Waals surface area contributed by atoms with Crippen molar-refractivity contribution in [1.29, 1.82) is 0 Å². The van der Waals surface area contributed by atoms with Gasteiger partial charge in [-0.2, -0.15) is 0 Å². The molecule has 0 aliphatic rings. The summed E-state index contributed by atoms with van der Waals surface area (Å²) in [4.78, 5) is 27.6. The van der Waals surface area contributed by atoms with E-state index in [1.54, 1.807) is 24.3 Å². The maximum absolute atomic E-state index is 14.0. The Morgan fingerprint density at radius 2 is 1.59 bits per heavy atom. The van der Waals surface area contributed by atoms with E-state index in [-0.39, 0.29) is 35.9 Å². The lowest BCUT2D eigenvalue weighted by atomic mass is 10.1. The topological polar surface area (TPSA) is 49.4 Å². The second-order valence-corrected chi connectivity index (χ2v) is 9.71. The van der Waals surface area contributed by atoms with Gasteiger partial charge in [-0.3, -0.25) is 9.59 Å². The average molecular weight is 520 g/mol. The van der Waals surface area contributed by atoms with Crippen LogP contribution in [0.5, 0.6) is 0 Å². The van der Waals surface area contributed by atoms with E-state index in [0.29, 0.717) is 32.6 Å². The van der Waals surface area contributed by atoms with Gasteiger partial charge in [0.15, 0.2) is 0 Å². The Kier molecular flexibility index (Phi) is 10.6. The van der Waals surface area contributed by atoms with Gasteiger partial charge in [-0.25, -0.2) is 4.39 Å². The molecule has 0 bridgehead atoms. The van der Waals surface area contributed by atoms with Crippen LogP contribution in [-0.4, -0.2) is 34.6 Å². The highest BCUT2D eigenvalue weighted by Gasteiger charge is 2.30. The SMILES string of the molecule is CC[C@@H](C(=O)NC(C)C)N(Cc1c(Cl)cccc1Cl)C(=O)CSCc1c(F)cccc1Cl. The zero-order valence-electron chi connectivity index (χ0n) is 18.1. The molecule has 0 aromatic heterocycles. The van der Waals surface area contributed by atoms with Gasteiger partial charge in [0.05, 0.1) is 5.75 Å². The molecule has 2 aromatic rings. The Morgan fingerprint density at radius 3 is 2.12 bits per heavy atom. The summed E-state index contributed by atoms with van der Waals surface area (Å²) in [6.45, 7) is 5.64. The quantitative estimate of drug-likeness (QED) is 0.398. The predicted octanol–water partition coefficient (Wildman–Crippen LogP) is 6.35. The number of rotatable bonds is 10. The van der Waals surface area contributed by atoms with Crippen LogP contribution in [0.3, 0.4) is 0 Å². The zero-order valence-corrected chi connectivity index (χ0v) is 21.2. The predicted molar refractivity (Wildman–Crippen MR) is 132 cm³/mol. The molecular weight excluding hydrogens is 494 g/mol. The van der Waals surface area contributed by atoms with Crippen LogP contribution in [0, 0.1) is 5.82 Å². The zero-order chi connectivity index (χ0) is 23.8. The van der Waals surface area contributed by atoms with E-state index in [1.807, 2.05) is 20.8 Å². The Hall–Kier alpha value is -1.47. The number of carbonyl (C=O) groups excluding carboxylic acids is 2. The van der Waals surface area contributed by atoms with Crippen molar-refractivity contribution in [1.82, 2.24) is 10.2 Å². The molecule has 0 unspecified atom stereocenters. The molecule has 0 heterocycles. The molecule has 2 amide bonds. The fourth-order valence-corrected chi connectivity index (χ4v) is 4.91. The van der Waals surface area contributed by atoms with Crippen molar-refractivity contribution in [3.63, 3.8) is 0 Å². The van der Waals surface area contributed by atoms with E-state index in [9.17, 15) is 14.0 Å². The standard InChI is InChI=1S/C23H26Cl3FN2O2S/c1-4-21(23(31)28-14(2)3)29(11-15-17(24)7-5-8-18(15)25)22(30)13-32-12-16-19(26)9-6-10-20(16)27/h5-10,14,21H,4,11-13H2,1-3H3,(H,28,31)/t21-/m0/s1. The lowest BCUT2D eigenvalue weighted by Crippen LogP contribution is -2.51. The largest absolute Gasteiger partial charge is 0.352 e. The summed E-state index contributed by atoms with van der Waals surface area (Å²) >= 11 is 20.0. The van der Waals surface area contributed by atoms with Crippen LogP contribution in [0.1, 0.15) is 38.3 Å². The molecule has 9 heteroatoms. The van der Waals surface area contributed by atoms with Gasteiger partial charge >= 0.3 is 0 Å². The molecule has 0 aliphatic carbocycles. The second-order valence-electron chi connectivity index (χ2n) is 7.50. The molecule has 32 heavy (non-hydrogen) atoms. The number of nitrogens with zero attached hydrogens (tertiary/aromatic N) is 1. The summed E-state index contributed by atoms with van der Waals surface area (Å²) in [6, 6.07) is 8.80. The Labute approximate surface area is 207 Å². The molecule has 0 fully saturated rings. The van der Waals surface area contributed by atoms with E-state index in [1.165, 1.54) is 28.8 Å². The number of thioether (sulfide) groups is 1. The molecule has 0 saturated carbocycles. The van der Waals surface area contributed by atoms with Crippen LogP contribution in [0.2, 0.25) is 15.1 Å². The maximum Gasteiger partial charge on any atom is 0.243 e. The van der Waals surface area contributed by atoms with Crippen molar-refractivity contribution < 1.29 is 14.0 Å². The third kappa shape index (κ3) is 7.27. The minimum Gasteiger partial charge on any atom is -0.352 e. The molecule has 2 rings (SSSR count). The van der Waals surface area contributed by atoms with E-state index < -0.39 is 11.9 Å². The minimum atomic E-state index is -0.699. The van der Waals surface area contributed by atoms with Crippen molar-refractivity contribution in [3.05, 3.63) is 68.4 Å². The molecule has 4 nitrogen and oxygen atoms in total. The molecule has 2 aromatic carbocycles. The normalized spacial score (nSPS) is 12.0. The van der Waals surface area contributed by atoms with Crippen molar-refractivity contribution in [2.24, 2.45) is 0 Å². The fraction of sp³-hybridized carbons (Fsp3) is 0.391. The summed E-state index contributed by atoms with van der Waals surface area (Å²) in [5.41, 5.74) is 0.916. The minimum absolute atomic E-state index is 0.0399. The van der Waals surface area contributed by atoms with Crippen LogP contribution in [0.15, 0.2) is 36.4 Å². The average Bonchev–Trinajstić information content (AvgIpc) is 2.71. The summed E-state index contributed by atoms with van der Waals surface area (Å²) in [5, 5.41) is 4.01. The van der Waals surface area contributed by atoms with Crippen LogP contribution >= 0.6 is 46.6 Å². The number of hydrogen-bond acceptors (Lipinski definition) is 3. The third-order valence-corrected chi connectivity index (χ3v) is 6.75. The van der Waals surface area contributed by atoms with Crippen molar-refractivity contribution in [2.45, 2.75) is 51.6 Å². The number of nitrogens with one attached hydrogen (secondary N) is 1. The molecule has 1 N–H and O–H groups in total. The highest BCUT2D eigenvalue weighted by atomic mass is 35.5. The smallest absolute Gasteiger partial charge is 0.243 e. The summed E-state index contributed by atoms with van der Waals surface area (Å²) < 4.78 is 14.0. The van der Waals surface area contributed by atoms with Crippen LogP contribution < -0.4 is 5.32 Å². The first-order valence-electron chi connectivity index (χ1n) is 10.2. The Morgan fingerprint density at radius 1 is 1.03 bits per heavy atom. The molecule has 0 aliphatic heterocycles. The van der Waals surface area contributed by atoms with Gasteiger partial charge in [0, 0.05) is 44.5 Å². The van der Waals surface area contributed by atoms with E-state index in [2.05, 4.69) is 5.32 Å². The molecule has 1 atom stereocenters. The van der Waals surface area contributed by atoms with Crippen molar-refractivity contribution in [3.8, 4) is 0 Å². The lowest BCUT2D eigenvalue weighted by Gasteiger charge is -2.31. The molecule has 0 radical (unpaired) electrons. The second kappa shape index (κ2) is 12.7. The molecule has 0 saturated heterocycles. The molecule has 0 spiro atoms. The number of carbonyl (C=O) groups is 2. The van der Waals surface area contributed by atoms with E-state index in [4.69, 9.17) is 34.8 Å². The number of halogens is 4.